The average Bonchev–Trinajstić information content (AvgIpc) is 3.04. The van der Waals surface area contributed by atoms with Crippen LogP contribution in [-0.2, 0) is 16.1 Å². The fraction of sp³-hybridized carbons (Fsp3) is 0.562. The minimum absolute atomic E-state index is 0.136. The topological polar surface area (TPSA) is 34.0 Å². The molecule has 0 aliphatic carbocycles. The van der Waals surface area contributed by atoms with Gasteiger partial charge in [0.05, 0.1) is 31.2 Å². The number of halogens is 2. The summed E-state index contributed by atoms with van der Waals surface area (Å²) < 4.78 is 18.5. The molecule has 2 saturated heterocycles. The molecule has 6 heteroatoms. The number of benzene rings is 1. The monoisotopic (exact) mass is 327 g/mol. The van der Waals surface area contributed by atoms with Crippen molar-refractivity contribution in [3.05, 3.63) is 34.6 Å². The van der Waals surface area contributed by atoms with Crippen molar-refractivity contribution in [3.8, 4) is 0 Å². The van der Waals surface area contributed by atoms with E-state index in [9.17, 15) is 9.18 Å². The van der Waals surface area contributed by atoms with Crippen LogP contribution in [0, 0.1) is 5.82 Å². The smallest absolute Gasteiger partial charge is 0.252 e. The first-order valence-corrected chi connectivity index (χ1v) is 8.19. The second kappa shape index (κ2) is 6.94. The Balaban J connectivity index is 1.52. The molecule has 0 bridgehead atoms. The van der Waals surface area contributed by atoms with Gasteiger partial charge in [0, 0.05) is 12.2 Å². The molecule has 1 aromatic rings. The third kappa shape index (κ3) is 3.59. The number of hydrogen-bond donors (Lipinski definition) is 1. The van der Waals surface area contributed by atoms with Crippen molar-refractivity contribution in [2.24, 2.45) is 0 Å². The summed E-state index contributed by atoms with van der Waals surface area (Å²) in [7, 11) is 0. The summed E-state index contributed by atoms with van der Waals surface area (Å²) in [6.07, 6.45) is 1.59. The predicted octanol–water partition coefficient (Wildman–Crippen LogP) is 0.885. The molecular weight excluding hydrogens is 307 g/mol. The Labute approximate surface area is 134 Å². The van der Waals surface area contributed by atoms with Crippen LogP contribution in [0.4, 0.5) is 4.39 Å². The van der Waals surface area contributed by atoms with Gasteiger partial charge in [-0.2, -0.15) is 0 Å². The molecule has 0 aromatic heterocycles. The second-order valence-corrected chi connectivity index (χ2v) is 6.40. The van der Waals surface area contributed by atoms with Crippen molar-refractivity contribution < 1.29 is 18.8 Å². The van der Waals surface area contributed by atoms with E-state index in [4.69, 9.17) is 16.3 Å². The van der Waals surface area contributed by atoms with E-state index >= 15 is 0 Å². The summed E-state index contributed by atoms with van der Waals surface area (Å²) in [6.45, 7) is 4.71. The summed E-state index contributed by atoms with van der Waals surface area (Å²) in [5, 5.41) is 0.477. The first-order valence-electron chi connectivity index (χ1n) is 7.81. The fourth-order valence-electron chi connectivity index (χ4n) is 3.13. The number of piperazine rings is 1. The van der Waals surface area contributed by atoms with Crippen molar-refractivity contribution >= 4 is 17.5 Å². The lowest BCUT2D eigenvalue weighted by Crippen LogP contribution is -3.13. The Morgan fingerprint density at radius 1 is 1.41 bits per heavy atom. The van der Waals surface area contributed by atoms with Gasteiger partial charge >= 0.3 is 0 Å². The van der Waals surface area contributed by atoms with E-state index < -0.39 is 0 Å². The molecule has 1 aromatic carbocycles. The number of amides is 1. The quantitative estimate of drug-likeness (QED) is 0.894. The average molecular weight is 328 g/mol. The number of rotatable bonds is 3. The maximum absolute atomic E-state index is 13.1. The van der Waals surface area contributed by atoms with Gasteiger partial charge in [-0.25, -0.2) is 4.39 Å². The van der Waals surface area contributed by atoms with E-state index in [0.717, 1.165) is 51.1 Å². The Hall–Kier alpha value is -1.17. The van der Waals surface area contributed by atoms with Crippen LogP contribution >= 0.6 is 11.6 Å². The van der Waals surface area contributed by atoms with Crippen molar-refractivity contribution in [2.75, 3.05) is 32.8 Å². The number of carbonyl (C=O) groups excluding carboxylic acids is 1. The molecular formula is C16H21ClFN2O2+. The van der Waals surface area contributed by atoms with Gasteiger partial charge in [0.25, 0.3) is 5.91 Å². The number of carbonyl (C=O) groups is 1. The largest absolute Gasteiger partial charge is 0.368 e. The van der Waals surface area contributed by atoms with Gasteiger partial charge in [0.1, 0.15) is 18.5 Å². The Morgan fingerprint density at radius 2 is 2.18 bits per heavy atom. The van der Waals surface area contributed by atoms with Gasteiger partial charge in [0.15, 0.2) is 0 Å². The zero-order chi connectivity index (χ0) is 15.5. The molecule has 4 nitrogen and oxygen atoms in total. The van der Waals surface area contributed by atoms with Crippen LogP contribution in [0.5, 0.6) is 0 Å². The molecule has 120 valence electrons. The van der Waals surface area contributed by atoms with E-state index in [2.05, 4.69) is 0 Å². The normalized spacial score (nSPS) is 23.0. The molecule has 2 aliphatic rings. The molecule has 2 fully saturated rings. The Morgan fingerprint density at radius 3 is 2.82 bits per heavy atom. The van der Waals surface area contributed by atoms with Crippen LogP contribution in [-0.4, -0.2) is 49.7 Å². The Bertz CT molecular complexity index is 541. The summed E-state index contributed by atoms with van der Waals surface area (Å²) in [5.74, 6) is -0.174. The summed E-state index contributed by atoms with van der Waals surface area (Å²) in [6, 6.07) is 4.54. The fourth-order valence-corrected chi connectivity index (χ4v) is 3.36. The molecule has 0 saturated carbocycles. The summed E-state index contributed by atoms with van der Waals surface area (Å²) >= 11 is 6.08. The number of ether oxygens (including phenoxy) is 1. The van der Waals surface area contributed by atoms with Gasteiger partial charge in [-0.1, -0.05) is 11.6 Å². The van der Waals surface area contributed by atoms with Crippen molar-refractivity contribution in [2.45, 2.75) is 25.5 Å². The van der Waals surface area contributed by atoms with Gasteiger partial charge in [-0.3, -0.25) is 4.79 Å². The number of quaternary nitrogens is 1. The molecule has 1 amide bonds. The minimum Gasteiger partial charge on any atom is -0.368 e. The number of hydrogen-bond acceptors (Lipinski definition) is 2. The van der Waals surface area contributed by atoms with Crippen molar-refractivity contribution in [1.82, 2.24) is 4.90 Å². The third-order valence-corrected chi connectivity index (χ3v) is 4.79. The van der Waals surface area contributed by atoms with E-state index in [1.54, 1.807) is 6.07 Å². The van der Waals surface area contributed by atoms with Crippen LogP contribution in [0.2, 0.25) is 5.02 Å². The highest BCUT2D eigenvalue weighted by molar-refractivity contribution is 6.31. The first kappa shape index (κ1) is 15.7. The van der Waals surface area contributed by atoms with Gasteiger partial charge in [0.2, 0.25) is 0 Å². The van der Waals surface area contributed by atoms with Crippen LogP contribution in [0.3, 0.4) is 0 Å². The van der Waals surface area contributed by atoms with E-state index in [1.165, 1.54) is 17.0 Å². The lowest BCUT2D eigenvalue weighted by molar-refractivity contribution is -0.917. The number of nitrogens with zero attached hydrogens (tertiary/aromatic N) is 1. The highest BCUT2D eigenvalue weighted by Crippen LogP contribution is 2.17. The van der Waals surface area contributed by atoms with Gasteiger partial charge < -0.3 is 14.5 Å². The van der Waals surface area contributed by atoms with Crippen molar-refractivity contribution in [1.29, 1.82) is 0 Å². The molecule has 0 radical (unpaired) electrons. The van der Waals surface area contributed by atoms with Crippen LogP contribution in [0.15, 0.2) is 18.2 Å². The van der Waals surface area contributed by atoms with Crippen LogP contribution < -0.4 is 4.90 Å². The third-order valence-electron chi connectivity index (χ3n) is 4.44. The highest BCUT2D eigenvalue weighted by atomic mass is 35.5. The van der Waals surface area contributed by atoms with E-state index in [1.807, 2.05) is 4.90 Å². The summed E-state index contributed by atoms with van der Waals surface area (Å²) in [5.41, 5.74) is 0.956. The molecule has 1 N–H and O–H groups in total. The number of nitrogens with one attached hydrogen (secondary N) is 1. The first-order chi connectivity index (χ1) is 10.6. The lowest BCUT2D eigenvalue weighted by Gasteiger charge is -2.33. The van der Waals surface area contributed by atoms with Crippen LogP contribution in [0.1, 0.15) is 18.4 Å². The predicted molar refractivity (Wildman–Crippen MR) is 81.4 cm³/mol. The van der Waals surface area contributed by atoms with Crippen molar-refractivity contribution in [3.63, 3.8) is 0 Å². The molecule has 1 atom stereocenters. The lowest BCUT2D eigenvalue weighted by atomic mass is 10.1. The molecule has 3 rings (SSSR count). The molecule has 0 unspecified atom stereocenters. The Kier molecular flexibility index (Phi) is 4.96. The minimum atomic E-state index is -0.310. The van der Waals surface area contributed by atoms with E-state index in [-0.39, 0.29) is 17.8 Å². The molecule has 2 aliphatic heterocycles. The molecule has 22 heavy (non-hydrogen) atoms. The zero-order valence-corrected chi connectivity index (χ0v) is 13.2. The highest BCUT2D eigenvalue weighted by Gasteiger charge is 2.31. The second-order valence-electron chi connectivity index (χ2n) is 5.99. The van der Waals surface area contributed by atoms with Gasteiger partial charge in [-0.05, 0) is 31.0 Å². The standard InChI is InChI=1S/C16H20ClFN2O2/c17-14-10-13(18)4-3-12(14)11-19-5-7-20(8-6-19)16(21)15-2-1-9-22-15/h3-4,10,15H,1-2,5-9,11H2/p+1/t15-/m0/s1. The maximum atomic E-state index is 13.1. The summed E-state index contributed by atoms with van der Waals surface area (Å²) in [4.78, 5) is 15.6. The molecule has 2 heterocycles. The van der Waals surface area contributed by atoms with Gasteiger partial charge in [-0.15, -0.1) is 0 Å². The van der Waals surface area contributed by atoms with E-state index in [0.29, 0.717) is 11.6 Å². The van der Waals surface area contributed by atoms with Crippen LogP contribution in [0.25, 0.3) is 0 Å². The SMILES string of the molecule is O=C([C@@H]1CCCO1)N1CC[NH+](Cc2ccc(F)cc2Cl)CC1. The zero-order valence-electron chi connectivity index (χ0n) is 12.5. The molecule has 0 spiro atoms. The maximum Gasteiger partial charge on any atom is 0.252 e.